The molecule has 0 bridgehead atoms. The first kappa shape index (κ1) is 18.8. The van der Waals surface area contributed by atoms with Crippen molar-refractivity contribution in [3.63, 3.8) is 0 Å². The van der Waals surface area contributed by atoms with Crippen molar-refractivity contribution >= 4 is 16.7 Å². The number of rotatable bonds is 5. The van der Waals surface area contributed by atoms with Gasteiger partial charge in [0.2, 0.25) is 5.91 Å². The molecular weight excluding hydrogens is 348 g/mol. The highest BCUT2D eigenvalue weighted by atomic mass is 19.1. The van der Waals surface area contributed by atoms with E-state index in [2.05, 4.69) is 5.32 Å². The average molecular weight is 369 g/mol. The molecule has 0 saturated heterocycles. The van der Waals surface area contributed by atoms with Crippen LogP contribution in [-0.2, 0) is 4.79 Å². The molecule has 3 aromatic rings. The summed E-state index contributed by atoms with van der Waals surface area (Å²) in [5.74, 6) is -1.18. The predicted octanol–water partition coefficient (Wildman–Crippen LogP) is 5.11. The van der Waals surface area contributed by atoms with E-state index in [1.807, 2.05) is 36.4 Å². The fourth-order valence-corrected chi connectivity index (χ4v) is 3.06. The number of ether oxygens (including phenoxy) is 1. The average Bonchev–Trinajstić information content (AvgIpc) is 2.66. The summed E-state index contributed by atoms with van der Waals surface area (Å²) in [6.45, 7) is 3.47. The molecule has 0 spiro atoms. The van der Waals surface area contributed by atoms with Crippen molar-refractivity contribution in [1.29, 1.82) is 0 Å². The van der Waals surface area contributed by atoms with Gasteiger partial charge in [-0.2, -0.15) is 0 Å². The molecule has 2 atom stereocenters. The third kappa shape index (κ3) is 4.08. The number of methoxy groups -OCH3 is 1. The van der Waals surface area contributed by atoms with Gasteiger partial charge in [-0.05, 0) is 48.4 Å². The van der Waals surface area contributed by atoms with Crippen molar-refractivity contribution in [3.05, 3.63) is 77.4 Å². The lowest BCUT2D eigenvalue weighted by Crippen LogP contribution is -2.31. The van der Waals surface area contributed by atoms with Crippen LogP contribution in [0.25, 0.3) is 10.8 Å². The Balaban J connectivity index is 1.77. The maximum absolute atomic E-state index is 13.9. The number of nitrogens with one attached hydrogen (secondary N) is 1. The summed E-state index contributed by atoms with van der Waals surface area (Å²) in [5, 5.41) is 4.83. The molecule has 3 rings (SSSR count). The molecule has 3 nitrogen and oxygen atoms in total. The quantitative estimate of drug-likeness (QED) is 0.679. The first-order valence-electron chi connectivity index (χ1n) is 8.72. The normalized spacial score (nSPS) is 13.2. The summed E-state index contributed by atoms with van der Waals surface area (Å²) >= 11 is 0. The minimum absolute atomic E-state index is 0.223. The number of carbonyl (C=O) groups is 1. The smallest absolute Gasteiger partial charge is 0.227 e. The molecule has 1 unspecified atom stereocenters. The van der Waals surface area contributed by atoms with E-state index < -0.39 is 23.6 Å². The lowest BCUT2D eigenvalue weighted by molar-refractivity contribution is -0.122. The third-order valence-corrected chi connectivity index (χ3v) is 4.75. The number of hydrogen-bond acceptors (Lipinski definition) is 2. The zero-order chi connectivity index (χ0) is 19.6. The minimum Gasteiger partial charge on any atom is -0.497 e. The van der Waals surface area contributed by atoms with Gasteiger partial charge in [-0.3, -0.25) is 4.79 Å². The molecule has 140 valence electrons. The zero-order valence-electron chi connectivity index (χ0n) is 15.4. The lowest BCUT2D eigenvalue weighted by atomic mass is 9.96. The second kappa shape index (κ2) is 7.74. The number of benzene rings is 3. The summed E-state index contributed by atoms with van der Waals surface area (Å²) in [6, 6.07) is 14.3. The van der Waals surface area contributed by atoms with Gasteiger partial charge in [-0.15, -0.1) is 0 Å². The van der Waals surface area contributed by atoms with E-state index >= 15 is 0 Å². The predicted molar refractivity (Wildman–Crippen MR) is 102 cm³/mol. The van der Waals surface area contributed by atoms with E-state index in [9.17, 15) is 13.6 Å². The van der Waals surface area contributed by atoms with Crippen LogP contribution in [0.2, 0.25) is 0 Å². The summed E-state index contributed by atoms with van der Waals surface area (Å²) in [4.78, 5) is 12.6. The fraction of sp³-hybridized carbons (Fsp3) is 0.227. The Bertz CT molecular complexity index is 987. The highest BCUT2D eigenvalue weighted by Crippen LogP contribution is 2.26. The van der Waals surface area contributed by atoms with Crippen LogP contribution in [0.15, 0.2) is 54.6 Å². The molecule has 0 aliphatic rings. The standard InChI is InChI=1S/C22H21F2NO2/c1-13(15-4-5-17-11-19(27-3)8-6-16(17)10-15)22(26)25-14(2)20-9-7-18(23)12-21(20)24/h4-14H,1-3H3,(H,25,26)/t13-,14?/m0/s1. The maximum Gasteiger partial charge on any atom is 0.227 e. The second-order valence-electron chi connectivity index (χ2n) is 6.59. The van der Waals surface area contributed by atoms with Crippen molar-refractivity contribution in [2.75, 3.05) is 7.11 Å². The van der Waals surface area contributed by atoms with Gasteiger partial charge in [0.05, 0.1) is 19.1 Å². The van der Waals surface area contributed by atoms with Crippen molar-refractivity contribution in [1.82, 2.24) is 5.32 Å². The van der Waals surface area contributed by atoms with Crippen LogP contribution in [0.1, 0.15) is 36.9 Å². The van der Waals surface area contributed by atoms with Gasteiger partial charge in [-0.1, -0.05) is 30.3 Å². The van der Waals surface area contributed by atoms with Gasteiger partial charge in [0.1, 0.15) is 17.4 Å². The maximum atomic E-state index is 13.9. The number of amides is 1. The molecule has 0 radical (unpaired) electrons. The third-order valence-electron chi connectivity index (χ3n) is 4.75. The minimum atomic E-state index is -0.671. The number of carbonyl (C=O) groups excluding carboxylic acids is 1. The van der Waals surface area contributed by atoms with E-state index in [0.717, 1.165) is 28.2 Å². The Morgan fingerprint density at radius 2 is 1.67 bits per heavy atom. The van der Waals surface area contributed by atoms with Gasteiger partial charge in [0.25, 0.3) is 0 Å². The number of fused-ring (bicyclic) bond motifs is 1. The Hall–Kier alpha value is -2.95. The number of halogens is 2. The van der Waals surface area contributed by atoms with Crippen molar-refractivity contribution < 1.29 is 18.3 Å². The number of hydrogen-bond donors (Lipinski definition) is 1. The SMILES string of the molecule is COc1ccc2cc([C@H](C)C(=O)NC(C)c3ccc(F)cc3F)ccc2c1. The molecule has 3 aromatic carbocycles. The Morgan fingerprint density at radius 1 is 0.963 bits per heavy atom. The topological polar surface area (TPSA) is 38.3 Å². The van der Waals surface area contributed by atoms with Gasteiger partial charge >= 0.3 is 0 Å². The zero-order valence-corrected chi connectivity index (χ0v) is 15.4. The van der Waals surface area contributed by atoms with E-state index in [-0.39, 0.29) is 11.5 Å². The highest BCUT2D eigenvalue weighted by molar-refractivity contribution is 5.88. The molecule has 1 amide bonds. The molecular formula is C22H21F2NO2. The summed E-state index contributed by atoms with van der Waals surface area (Å²) < 4.78 is 32.2. The first-order valence-corrected chi connectivity index (χ1v) is 8.72. The monoisotopic (exact) mass is 369 g/mol. The largest absolute Gasteiger partial charge is 0.497 e. The van der Waals surface area contributed by atoms with Crippen LogP contribution in [0.3, 0.4) is 0 Å². The van der Waals surface area contributed by atoms with Gasteiger partial charge in [0, 0.05) is 11.6 Å². The Morgan fingerprint density at radius 3 is 2.37 bits per heavy atom. The molecule has 0 aromatic heterocycles. The van der Waals surface area contributed by atoms with Crippen molar-refractivity contribution in [3.8, 4) is 5.75 Å². The van der Waals surface area contributed by atoms with Gasteiger partial charge in [0.15, 0.2) is 0 Å². The molecule has 0 fully saturated rings. The second-order valence-corrected chi connectivity index (χ2v) is 6.59. The molecule has 0 aliphatic heterocycles. The van der Waals surface area contributed by atoms with Crippen LogP contribution in [0.4, 0.5) is 8.78 Å². The van der Waals surface area contributed by atoms with E-state index in [4.69, 9.17) is 4.74 Å². The molecule has 5 heteroatoms. The van der Waals surface area contributed by atoms with E-state index in [0.29, 0.717) is 0 Å². The molecule has 1 N–H and O–H groups in total. The van der Waals surface area contributed by atoms with Crippen LogP contribution < -0.4 is 10.1 Å². The Kier molecular flexibility index (Phi) is 5.40. The summed E-state index contributed by atoms with van der Waals surface area (Å²) in [7, 11) is 1.62. The first-order chi connectivity index (χ1) is 12.9. The van der Waals surface area contributed by atoms with Crippen LogP contribution in [-0.4, -0.2) is 13.0 Å². The van der Waals surface area contributed by atoms with Gasteiger partial charge < -0.3 is 10.1 Å². The fourth-order valence-electron chi connectivity index (χ4n) is 3.06. The molecule has 0 saturated carbocycles. The lowest BCUT2D eigenvalue weighted by Gasteiger charge is -2.19. The summed E-state index contributed by atoms with van der Waals surface area (Å²) in [6.07, 6.45) is 0. The van der Waals surface area contributed by atoms with Crippen LogP contribution >= 0.6 is 0 Å². The Labute approximate surface area is 157 Å². The highest BCUT2D eigenvalue weighted by Gasteiger charge is 2.20. The molecule has 0 aliphatic carbocycles. The summed E-state index contributed by atoms with van der Waals surface area (Å²) in [5.41, 5.74) is 1.11. The van der Waals surface area contributed by atoms with E-state index in [1.54, 1.807) is 21.0 Å². The van der Waals surface area contributed by atoms with Crippen LogP contribution in [0, 0.1) is 11.6 Å². The van der Waals surface area contributed by atoms with Crippen molar-refractivity contribution in [2.45, 2.75) is 25.8 Å². The van der Waals surface area contributed by atoms with E-state index in [1.165, 1.54) is 12.1 Å². The van der Waals surface area contributed by atoms with Crippen molar-refractivity contribution in [2.24, 2.45) is 0 Å². The van der Waals surface area contributed by atoms with Gasteiger partial charge in [-0.25, -0.2) is 8.78 Å². The van der Waals surface area contributed by atoms with Crippen LogP contribution in [0.5, 0.6) is 5.75 Å². The molecule has 0 heterocycles. The molecule has 27 heavy (non-hydrogen) atoms.